The van der Waals surface area contributed by atoms with Crippen molar-refractivity contribution >= 4 is 17.8 Å². The molecule has 180 valence electrons. The quantitative estimate of drug-likeness (QED) is 0.343. The molecule has 0 aliphatic carbocycles. The number of carbonyl (C=O) groups is 3. The van der Waals surface area contributed by atoms with E-state index in [4.69, 9.17) is 4.74 Å². The Bertz CT molecular complexity index is 795. The molecule has 1 fully saturated rings. The first kappa shape index (κ1) is 26.3. The molecule has 0 saturated carbocycles. The molecule has 0 aromatic heterocycles. The number of aliphatic hydroxyl groups is 1. The Balaban J connectivity index is 2.01. The molecule has 7 nitrogen and oxygen atoms in total. The zero-order valence-electron chi connectivity index (χ0n) is 19.4. The molecule has 33 heavy (non-hydrogen) atoms. The largest absolute Gasteiger partial charge is 0.463 e. The zero-order valence-corrected chi connectivity index (χ0v) is 19.4. The molecule has 1 saturated heterocycles. The lowest BCUT2D eigenvalue weighted by Gasteiger charge is -2.29. The van der Waals surface area contributed by atoms with Crippen LogP contribution in [-0.4, -0.2) is 65.0 Å². The number of likely N-dealkylation sites (tertiary alicyclic amines) is 1. The lowest BCUT2D eigenvalue weighted by atomic mass is 9.98. The molecule has 1 aromatic rings. The Morgan fingerprint density at radius 2 is 1.97 bits per heavy atom. The molecular formula is C26H36N2O5. The Morgan fingerprint density at radius 3 is 2.64 bits per heavy atom. The van der Waals surface area contributed by atoms with Gasteiger partial charge in [-0.3, -0.25) is 14.4 Å². The van der Waals surface area contributed by atoms with Gasteiger partial charge in [-0.05, 0) is 31.2 Å². The van der Waals surface area contributed by atoms with Crippen molar-refractivity contribution in [3.05, 3.63) is 61.2 Å². The number of nitrogens with zero attached hydrogens (tertiary/aromatic N) is 2. The van der Waals surface area contributed by atoms with Crippen LogP contribution in [0.4, 0.5) is 0 Å². The predicted molar refractivity (Wildman–Crippen MR) is 127 cm³/mol. The second-order valence-corrected chi connectivity index (χ2v) is 8.29. The number of ether oxygens (including phenoxy) is 1. The zero-order chi connectivity index (χ0) is 24.1. The van der Waals surface area contributed by atoms with Crippen LogP contribution in [0.1, 0.15) is 44.1 Å². The lowest BCUT2D eigenvalue weighted by Crippen LogP contribution is -2.44. The molecule has 2 rings (SSSR count). The average molecular weight is 457 g/mol. The van der Waals surface area contributed by atoms with Gasteiger partial charge in [-0.15, -0.1) is 13.2 Å². The smallest absolute Gasteiger partial charge is 0.306 e. The molecule has 1 aliphatic heterocycles. The Morgan fingerprint density at radius 1 is 1.21 bits per heavy atom. The molecule has 0 bridgehead atoms. The summed E-state index contributed by atoms with van der Waals surface area (Å²) < 4.78 is 5.36. The normalized spacial score (nSPS) is 16.2. The third-order valence-corrected chi connectivity index (χ3v) is 5.81. The molecule has 0 unspecified atom stereocenters. The molecule has 1 aliphatic rings. The van der Waals surface area contributed by atoms with E-state index in [9.17, 15) is 19.5 Å². The third-order valence-electron chi connectivity index (χ3n) is 5.81. The van der Waals surface area contributed by atoms with E-state index in [1.807, 2.05) is 30.3 Å². The number of allylic oxidation sites excluding steroid dienone is 2. The number of hydrogen-bond acceptors (Lipinski definition) is 5. The van der Waals surface area contributed by atoms with Crippen LogP contribution in [-0.2, 0) is 25.7 Å². The number of aliphatic hydroxyl groups excluding tert-OH is 1. The monoisotopic (exact) mass is 456 g/mol. The van der Waals surface area contributed by atoms with E-state index >= 15 is 0 Å². The highest BCUT2D eigenvalue weighted by Gasteiger charge is 2.34. The van der Waals surface area contributed by atoms with Gasteiger partial charge in [0.05, 0.1) is 18.6 Å². The number of esters is 1. The maximum atomic E-state index is 13.3. The van der Waals surface area contributed by atoms with Crippen LogP contribution in [0.5, 0.6) is 0 Å². The summed E-state index contributed by atoms with van der Waals surface area (Å²) in [5, 5.41) is 9.44. The highest BCUT2D eigenvalue weighted by Crippen LogP contribution is 2.24. The van der Waals surface area contributed by atoms with Crippen LogP contribution in [0, 0.1) is 5.92 Å². The maximum Gasteiger partial charge on any atom is 0.306 e. The van der Waals surface area contributed by atoms with Gasteiger partial charge >= 0.3 is 5.97 Å². The second-order valence-electron chi connectivity index (χ2n) is 8.29. The molecule has 1 N–H and O–H groups in total. The van der Waals surface area contributed by atoms with E-state index in [0.717, 1.165) is 18.4 Å². The van der Waals surface area contributed by atoms with Crippen LogP contribution < -0.4 is 0 Å². The summed E-state index contributed by atoms with van der Waals surface area (Å²) in [6.45, 7) is 8.54. The van der Waals surface area contributed by atoms with E-state index in [-0.39, 0.29) is 56.4 Å². The van der Waals surface area contributed by atoms with Crippen molar-refractivity contribution in [2.24, 2.45) is 5.92 Å². The Hall–Kier alpha value is -2.93. The number of benzene rings is 1. The van der Waals surface area contributed by atoms with E-state index in [0.29, 0.717) is 25.9 Å². The van der Waals surface area contributed by atoms with Crippen LogP contribution in [0.25, 0.3) is 0 Å². The second kappa shape index (κ2) is 14.3. The summed E-state index contributed by atoms with van der Waals surface area (Å²) in [6.07, 6.45) is 6.18. The van der Waals surface area contributed by atoms with Crippen molar-refractivity contribution < 1.29 is 24.2 Å². The van der Waals surface area contributed by atoms with Crippen molar-refractivity contribution in [3.63, 3.8) is 0 Å². The molecule has 0 radical (unpaired) electrons. The summed E-state index contributed by atoms with van der Waals surface area (Å²) in [5.74, 6) is -1.13. The van der Waals surface area contributed by atoms with E-state index in [1.54, 1.807) is 22.0 Å². The SMILES string of the molecule is C=CCCC(=O)OC[C@@H]1CCCN1C(=O)[C@H](CC=C)CC(=O)N(CCO)Cc1ccccc1. The minimum atomic E-state index is -0.538. The predicted octanol–water partition coefficient (Wildman–Crippen LogP) is 3.09. The van der Waals surface area contributed by atoms with Crippen LogP contribution >= 0.6 is 0 Å². The van der Waals surface area contributed by atoms with Gasteiger partial charge in [0.15, 0.2) is 0 Å². The van der Waals surface area contributed by atoms with Crippen LogP contribution in [0.3, 0.4) is 0 Å². The highest BCUT2D eigenvalue weighted by molar-refractivity contribution is 5.86. The molecule has 1 aromatic carbocycles. The summed E-state index contributed by atoms with van der Waals surface area (Å²) >= 11 is 0. The van der Waals surface area contributed by atoms with Gasteiger partial charge < -0.3 is 19.6 Å². The number of amides is 2. The number of carbonyl (C=O) groups excluding carboxylic acids is 3. The van der Waals surface area contributed by atoms with Gasteiger partial charge in [0.25, 0.3) is 0 Å². The van der Waals surface area contributed by atoms with Crippen molar-refractivity contribution in [1.29, 1.82) is 0 Å². The summed E-state index contributed by atoms with van der Waals surface area (Å²) in [7, 11) is 0. The van der Waals surface area contributed by atoms with Crippen LogP contribution in [0.2, 0.25) is 0 Å². The van der Waals surface area contributed by atoms with Gasteiger partial charge in [0.1, 0.15) is 6.61 Å². The molecule has 1 heterocycles. The van der Waals surface area contributed by atoms with E-state index < -0.39 is 5.92 Å². The number of rotatable bonds is 14. The van der Waals surface area contributed by atoms with Crippen molar-refractivity contribution in [2.45, 2.75) is 51.1 Å². The van der Waals surface area contributed by atoms with Gasteiger partial charge in [-0.2, -0.15) is 0 Å². The molecule has 2 atom stereocenters. The van der Waals surface area contributed by atoms with E-state index in [2.05, 4.69) is 13.2 Å². The minimum absolute atomic E-state index is 0.0417. The molecule has 0 spiro atoms. The summed E-state index contributed by atoms with van der Waals surface area (Å²) in [4.78, 5) is 41.6. The third kappa shape index (κ3) is 8.50. The van der Waals surface area contributed by atoms with Crippen molar-refractivity contribution in [3.8, 4) is 0 Å². The molecular weight excluding hydrogens is 420 g/mol. The minimum Gasteiger partial charge on any atom is -0.463 e. The molecule has 2 amide bonds. The first-order chi connectivity index (χ1) is 16.0. The Kier molecular flexibility index (Phi) is 11.4. The first-order valence-corrected chi connectivity index (χ1v) is 11.6. The Labute approximate surface area is 196 Å². The van der Waals surface area contributed by atoms with Crippen molar-refractivity contribution in [2.75, 3.05) is 26.3 Å². The topological polar surface area (TPSA) is 87.2 Å². The summed E-state index contributed by atoms with van der Waals surface area (Å²) in [6, 6.07) is 9.39. The van der Waals surface area contributed by atoms with Crippen LogP contribution in [0.15, 0.2) is 55.6 Å². The van der Waals surface area contributed by atoms with Gasteiger partial charge in [-0.1, -0.05) is 42.5 Å². The average Bonchev–Trinajstić information content (AvgIpc) is 3.29. The highest BCUT2D eigenvalue weighted by atomic mass is 16.5. The van der Waals surface area contributed by atoms with Gasteiger partial charge in [0, 0.05) is 32.5 Å². The molecule has 7 heteroatoms. The van der Waals surface area contributed by atoms with E-state index in [1.165, 1.54) is 0 Å². The van der Waals surface area contributed by atoms with Gasteiger partial charge in [-0.25, -0.2) is 0 Å². The number of hydrogen-bond donors (Lipinski definition) is 1. The van der Waals surface area contributed by atoms with Crippen molar-refractivity contribution in [1.82, 2.24) is 9.80 Å². The summed E-state index contributed by atoms with van der Waals surface area (Å²) in [5.41, 5.74) is 0.962. The maximum absolute atomic E-state index is 13.3. The fraction of sp³-hybridized carbons (Fsp3) is 0.500. The fourth-order valence-corrected chi connectivity index (χ4v) is 4.04. The lowest BCUT2D eigenvalue weighted by molar-refractivity contribution is -0.149. The fourth-order valence-electron chi connectivity index (χ4n) is 4.04. The first-order valence-electron chi connectivity index (χ1n) is 11.6. The van der Waals surface area contributed by atoms with Gasteiger partial charge in [0.2, 0.25) is 11.8 Å². The standard InChI is InChI=1S/C26H36N2O5/c1-3-5-14-25(31)33-20-23-13-9-15-28(23)26(32)22(10-4-2)18-24(30)27(16-17-29)19-21-11-7-6-8-12-21/h3-4,6-8,11-12,22-23,29H,1-2,5,9-10,13-20H2/t22-,23+/m1/s1.